The molecule has 2 rings (SSSR count). The summed E-state index contributed by atoms with van der Waals surface area (Å²) in [7, 11) is 0. The van der Waals surface area contributed by atoms with Crippen molar-refractivity contribution in [1.82, 2.24) is 9.55 Å². The van der Waals surface area contributed by atoms with Gasteiger partial charge in [0.15, 0.2) is 5.69 Å². The van der Waals surface area contributed by atoms with Crippen LogP contribution in [0.3, 0.4) is 0 Å². The lowest BCUT2D eigenvalue weighted by Crippen LogP contribution is -2.41. The second-order valence-electron chi connectivity index (χ2n) is 6.32. The highest BCUT2D eigenvalue weighted by Crippen LogP contribution is 2.21. The molecular weight excluding hydrogens is 351 g/mol. The van der Waals surface area contributed by atoms with Crippen LogP contribution in [0.15, 0.2) is 33.9 Å². The minimum absolute atomic E-state index is 0.0574. The average Bonchev–Trinajstić information content (AvgIpc) is 2.63. The van der Waals surface area contributed by atoms with E-state index in [-0.39, 0.29) is 23.6 Å². The first kappa shape index (κ1) is 20.4. The molecule has 146 valence electrons. The number of carbonyl (C=O) groups excluding carboxylic acids is 1. The van der Waals surface area contributed by atoms with Gasteiger partial charge in [0, 0.05) is 18.7 Å². The first-order valence-corrected chi connectivity index (χ1v) is 9.10. The minimum atomic E-state index is -0.730. The van der Waals surface area contributed by atoms with Crippen LogP contribution in [-0.4, -0.2) is 22.0 Å². The molecule has 2 aromatic rings. The van der Waals surface area contributed by atoms with E-state index in [1.807, 2.05) is 13.8 Å². The van der Waals surface area contributed by atoms with Crippen molar-refractivity contribution in [2.75, 3.05) is 17.2 Å². The maximum Gasteiger partial charge on any atom is 0.330 e. The predicted octanol–water partition coefficient (Wildman–Crippen LogP) is 2.50. The molecule has 0 saturated heterocycles. The number of anilines is 2. The quantitative estimate of drug-likeness (QED) is 0.739. The van der Waals surface area contributed by atoms with E-state index in [1.54, 1.807) is 0 Å². The number of aromatic nitrogens is 2. The van der Waals surface area contributed by atoms with Crippen molar-refractivity contribution in [2.45, 2.75) is 46.1 Å². The highest BCUT2D eigenvalue weighted by Gasteiger charge is 2.25. The zero-order valence-corrected chi connectivity index (χ0v) is 15.6. The van der Waals surface area contributed by atoms with Crippen molar-refractivity contribution in [1.29, 1.82) is 0 Å². The summed E-state index contributed by atoms with van der Waals surface area (Å²) in [6.45, 7) is 4.47. The molecule has 0 saturated carbocycles. The number of nitrogen functional groups attached to an aromatic ring is 1. The molecule has 3 N–H and O–H groups in total. The second kappa shape index (κ2) is 9.16. The minimum Gasteiger partial charge on any atom is -0.383 e. The smallest absolute Gasteiger partial charge is 0.330 e. The molecular formula is C19H25FN4O3. The number of hydrogen-bond donors (Lipinski definition) is 2. The van der Waals surface area contributed by atoms with Crippen LogP contribution in [0, 0.1) is 5.82 Å². The normalized spacial score (nSPS) is 10.8. The number of hydrogen-bond acceptors (Lipinski definition) is 4. The first-order chi connectivity index (χ1) is 12.9. The van der Waals surface area contributed by atoms with Crippen LogP contribution in [0.25, 0.3) is 0 Å². The summed E-state index contributed by atoms with van der Waals surface area (Å²) in [4.78, 5) is 41.0. The van der Waals surface area contributed by atoms with Crippen molar-refractivity contribution in [3.8, 4) is 0 Å². The van der Waals surface area contributed by atoms with Gasteiger partial charge in [-0.15, -0.1) is 0 Å². The summed E-state index contributed by atoms with van der Waals surface area (Å²) in [5.41, 5.74) is 4.81. The van der Waals surface area contributed by atoms with Crippen molar-refractivity contribution < 1.29 is 9.18 Å². The Balaban J connectivity index is 2.58. The molecule has 0 radical (unpaired) electrons. The van der Waals surface area contributed by atoms with Crippen molar-refractivity contribution in [3.05, 3.63) is 56.5 Å². The van der Waals surface area contributed by atoms with Gasteiger partial charge in [-0.3, -0.25) is 19.1 Å². The number of H-pyrrole nitrogens is 1. The highest BCUT2D eigenvalue weighted by molar-refractivity contribution is 6.07. The zero-order valence-electron chi connectivity index (χ0n) is 15.6. The maximum absolute atomic E-state index is 13.6. The molecule has 0 aliphatic carbocycles. The van der Waals surface area contributed by atoms with Gasteiger partial charge in [0.1, 0.15) is 11.6 Å². The summed E-state index contributed by atoms with van der Waals surface area (Å²) in [5.74, 6) is -1.15. The molecule has 0 bridgehead atoms. The van der Waals surface area contributed by atoms with Gasteiger partial charge in [-0.1, -0.05) is 32.8 Å². The van der Waals surface area contributed by atoms with Crippen molar-refractivity contribution in [2.24, 2.45) is 0 Å². The molecule has 1 aromatic heterocycles. The third kappa shape index (κ3) is 4.64. The maximum atomic E-state index is 13.6. The number of nitrogens with one attached hydrogen (secondary N) is 1. The summed E-state index contributed by atoms with van der Waals surface area (Å²) in [5, 5.41) is 0. The number of amides is 1. The third-order valence-electron chi connectivity index (χ3n) is 4.27. The monoisotopic (exact) mass is 376 g/mol. The van der Waals surface area contributed by atoms with Gasteiger partial charge < -0.3 is 10.6 Å². The van der Waals surface area contributed by atoms with Gasteiger partial charge in [0.05, 0.1) is 0 Å². The second-order valence-corrected chi connectivity index (χ2v) is 6.32. The first-order valence-electron chi connectivity index (χ1n) is 9.10. The standard InChI is InChI=1S/C19H25FN4O3/c1-3-5-10-23(18(26)13-8-7-9-14(20)12-13)15-16(21)24(11-6-4-2)19(27)22-17(15)25/h7-9,12H,3-6,10-11,21H2,1-2H3,(H,22,25,27). The molecule has 1 amide bonds. The van der Waals surface area contributed by atoms with E-state index in [2.05, 4.69) is 4.98 Å². The van der Waals surface area contributed by atoms with Crippen LogP contribution >= 0.6 is 0 Å². The van der Waals surface area contributed by atoms with E-state index in [0.717, 1.165) is 18.9 Å². The Morgan fingerprint density at radius 3 is 2.56 bits per heavy atom. The summed E-state index contributed by atoms with van der Waals surface area (Å²) >= 11 is 0. The highest BCUT2D eigenvalue weighted by atomic mass is 19.1. The Hall–Kier alpha value is -2.90. The van der Waals surface area contributed by atoms with E-state index in [9.17, 15) is 18.8 Å². The van der Waals surface area contributed by atoms with Crippen LogP contribution in [0.5, 0.6) is 0 Å². The SMILES string of the molecule is CCCCN(C(=O)c1cccc(F)c1)c1c(N)n(CCCC)c(=O)[nH]c1=O. The van der Waals surface area contributed by atoms with Crippen molar-refractivity contribution >= 4 is 17.4 Å². The molecule has 7 nitrogen and oxygen atoms in total. The lowest BCUT2D eigenvalue weighted by molar-refractivity contribution is 0.0985. The molecule has 8 heteroatoms. The average molecular weight is 376 g/mol. The van der Waals surface area contributed by atoms with Gasteiger partial charge in [-0.2, -0.15) is 0 Å². The van der Waals surface area contributed by atoms with Gasteiger partial charge in [-0.25, -0.2) is 9.18 Å². The Morgan fingerprint density at radius 1 is 1.22 bits per heavy atom. The van der Waals surface area contributed by atoms with Gasteiger partial charge >= 0.3 is 5.69 Å². The summed E-state index contributed by atoms with van der Waals surface area (Å²) in [6.07, 6.45) is 2.93. The number of carbonyl (C=O) groups is 1. The number of aromatic amines is 1. The topological polar surface area (TPSA) is 101 Å². The van der Waals surface area contributed by atoms with E-state index < -0.39 is 23.0 Å². The summed E-state index contributed by atoms with van der Waals surface area (Å²) in [6, 6.07) is 5.25. The molecule has 0 aliphatic rings. The van der Waals surface area contributed by atoms with E-state index in [1.165, 1.54) is 27.7 Å². The van der Waals surface area contributed by atoms with Crippen LogP contribution in [-0.2, 0) is 6.54 Å². The lowest BCUT2D eigenvalue weighted by Gasteiger charge is -2.24. The Kier molecular flexibility index (Phi) is 6.92. The number of rotatable bonds is 8. The Bertz CT molecular complexity index is 920. The molecule has 0 fully saturated rings. The summed E-state index contributed by atoms with van der Waals surface area (Å²) < 4.78 is 14.8. The number of halogens is 1. The van der Waals surface area contributed by atoms with Crippen LogP contribution in [0.2, 0.25) is 0 Å². The third-order valence-corrected chi connectivity index (χ3v) is 4.27. The molecule has 27 heavy (non-hydrogen) atoms. The van der Waals surface area contributed by atoms with E-state index in [0.29, 0.717) is 19.4 Å². The largest absolute Gasteiger partial charge is 0.383 e. The molecule has 0 spiro atoms. The van der Waals surface area contributed by atoms with Gasteiger partial charge in [-0.05, 0) is 31.0 Å². The van der Waals surface area contributed by atoms with Crippen LogP contribution in [0.1, 0.15) is 49.9 Å². The van der Waals surface area contributed by atoms with E-state index >= 15 is 0 Å². The Labute approximate surface area is 156 Å². The van der Waals surface area contributed by atoms with Crippen LogP contribution < -0.4 is 21.9 Å². The fourth-order valence-corrected chi connectivity index (χ4v) is 2.78. The fourth-order valence-electron chi connectivity index (χ4n) is 2.78. The number of nitrogens with zero attached hydrogens (tertiary/aromatic N) is 2. The van der Waals surface area contributed by atoms with E-state index in [4.69, 9.17) is 5.73 Å². The Morgan fingerprint density at radius 2 is 1.93 bits per heavy atom. The van der Waals surface area contributed by atoms with Crippen LogP contribution in [0.4, 0.5) is 15.9 Å². The molecule has 1 heterocycles. The molecule has 0 aliphatic heterocycles. The molecule has 0 atom stereocenters. The number of unbranched alkanes of at least 4 members (excludes halogenated alkanes) is 2. The van der Waals surface area contributed by atoms with Gasteiger partial charge in [0.25, 0.3) is 11.5 Å². The number of benzene rings is 1. The number of nitrogens with two attached hydrogens (primary N) is 1. The van der Waals surface area contributed by atoms with Crippen molar-refractivity contribution in [3.63, 3.8) is 0 Å². The predicted molar refractivity (Wildman–Crippen MR) is 104 cm³/mol. The van der Waals surface area contributed by atoms with Gasteiger partial charge in [0.2, 0.25) is 0 Å². The lowest BCUT2D eigenvalue weighted by atomic mass is 10.1. The fraction of sp³-hybridized carbons (Fsp3) is 0.421. The molecule has 1 aromatic carbocycles. The zero-order chi connectivity index (χ0) is 20.0. The molecule has 0 unspecified atom stereocenters.